The molecule has 0 aromatic heterocycles. The number of hydrogen-bond donors (Lipinski definition) is 0. The second-order valence-electron chi connectivity index (χ2n) is 8.59. The summed E-state index contributed by atoms with van der Waals surface area (Å²) in [5.74, 6) is -1.73. The topological polar surface area (TPSA) is 80.8 Å². The quantitative estimate of drug-likeness (QED) is 0.640. The van der Waals surface area contributed by atoms with Gasteiger partial charge in [-0.2, -0.15) is 4.31 Å². The molecule has 4 atom stereocenters. The Bertz CT molecular complexity index is 1080. The Kier molecular flexibility index (Phi) is 6.49. The van der Waals surface area contributed by atoms with Crippen molar-refractivity contribution in [3.63, 3.8) is 0 Å². The smallest absolute Gasteiger partial charge is 0.325 e. The summed E-state index contributed by atoms with van der Waals surface area (Å²) >= 11 is 0. The van der Waals surface area contributed by atoms with Crippen LogP contribution in [-0.2, 0) is 24.3 Å². The lowest BCUT2D eigenvalue weighted by molar-refractivity contribution is -0.147. The highest BCUT2D eigenvalue weighted by molar-refractivity contribution is 7.89. The molecule has 2 aromatic rings. The van der Waals surface area contributed by atoms with E-state index in [0.717, 1.165) is 24.0 Å². The van der Waals surface area contributed by atoms with Gasteiger partial charge in [-0.1, -0.05) is 54.4 Å². The van der Waals surface area contributed by atoms with Crippen molar-refractivity contribution in [2.24, 2.45) is 5.92 Å². The van der Waals surface area contributed by atoms with Gasteiger partial charge >= 0.3 is 5.97 Å². The van der Waals surface area contributed by atoms with Gasteiger partial charge in [0, 0.05) is 24.3 Å². The number of sulfonamides is 1. The van der Waals surface area contributed by atoms with Crippen molar-refractivity contribution in [3.05, 3.63) is 65.7 Å². The van der Waals surface area contributed by atoms with Crippen molar-refractivity contribution in [3.8, 4) is 0 Å². The average molecular weight is 456 g/mol. The van der Waals surface area contributed by atoms with Crippen LogP contribution in [0.25, 0.3) is 0 Å². The lowest BCUT2D eigenvalue weighted by atomic mass is 9.79. The number of Topliss-reactive ketones (excluding diaryl/α,β-unsaturated/α-hetero) is 1. The predicted octanol–water partition coefficient (Wildman–Crippen LogP) is 3.84. The Morgan fingerprint density at radius 3 is 2.38 bits per heavy atom. The first kappa shape index (κ1) is 22.7. The zero-order valence-corrected chi connectivity index (χ0v) is 19.3. The molecule has 0 N–H and O–H groups in total. The van der Waals surface area contributed by atoms with Crippen molar-refractivity contribution in [1.29, 1.82) is 0 Å². The van der Waals surface area contributed by atoms with E-state index in [1.165, 1.54) is 4.31 Å². The molecule has 1 aliphatic heterocycles. The molecule has 2 aliphatic rings. The third kappa shape index (κ3) is 3.99. The maximum absolute atomic E-state index is 13.9. The van der Waals surface area contributed by atoms with E-state index in [4.69, 9.17) is 4.74 Å². The van der Waals surface area contributed by atoms with Crippen LogP contribution < -0.4 is 0 Å². The maximum Gasteiger partial charge on any atom is 0.325 e. The molecule has 170 valence electrons. The lowest BCUT2D eigenvalue weighted by Crippen LogP contribution is -2.47. The van der Waals surface area contributed by atoms with E-state index < -0.39 is 39.9 Å². The number of hydrogen-bond acceptors (Lipinski definition) is 5. The van der Waals surface area contributed by atoms with E-state index in [2.05, 4.69) is 0 Å². The summed E-state index contributed by atoms with van der Waals surface area (Å²) < 4.78 is 34.5. The molecule has 2 fully saturated rings. The minimum Gasteiger partial charge on any atom is -0.465 e. The number of ether oxygens (including phenoxy) is 1. The number of aryl methyl sites for hydroxylation is 1. The van der Waals surface area contributed by atoms with E-state index >= 15 is 0 Å². The van der Waals surface area contributed by atoms with Gasteiger partial charge in [0.15, 0.2) is 0 Å². The molecule has 1 saturated carbocycles. The molecule has 0 unspecified atom stereocenters. The summed E-state index contributed by atoms with van der Waals surface area (Å²) in [6.45, 7) is 3.73. The average Bonchev–Trinajstić information content (AvgIpc) is 3.03. The molecule has 0 amide bonds. The molecule has 0 spiro atoms. The van der Waals surface area contributed by atoms with Gasteiger partial charge in [0.25, 0.3) is 0 Å². The van der Waals surface area contributed by atoms with Crippen molar-refractivity contribution in [2.75, 3.05) is 6.61 Å². The summed E-state index contributed by atoms with van der Waals surface area (Å²) in [5, 5.41) is 0. The SMILES string of the molecule is CCOC(=O)[C@@H]1[C@@H](c2ccccc2)[C@@H]2C(=O)CCCC[C@H]2N1S(=O)(=O)c1ccc(C)cc1. The number of fused-ring (bicyclic) bond motifs is 1. The monoisotopic (exact) mass is 455 g/mol. The number of rotatable bonds is 5. The summed E-state index contributed by atoms with van der Waals surface area (Å²) in [7, 11) is -4.04. The van der Waals surface area contributed by atoms with Gasteiger partial charge in [0.1, 0.15) is 11.8 Å². The number of benzene rings is 2. The van der Waals surface area contributed by atoms with Crippen LogP contribution in [0.5, 0.6) is 0 Å². The van der Waals surface area contributed by atoms with Crippen LogP contribution >= 0.6 is 0 Å². The third-order valence-electron chi connectivity index (χ3n) is 6.60. The van der Waals surface area contributed by atoms with Crippen molar-refractivity contribution < 1.29 is 22.7 Å². The number of ketones is 1. The Labute approximate surface area is 189 Å². The molecule has 0 radical (unpaired) electrons. The molecule has 32 heavy (non-hydrogen) atoms. The highest BCUT2D eigenvalue weighted by atomic mass is 32.2. The van der Waals surface area contributed by atoms with E-state index in [1.807, 2.05) is 37.3 Å². The molecule has 6 nitrogen and oxygen atoms in total. The minimum atomic E-state index is -4.04. The largest absolute Gasteiger partial charge is 0.465 e. The molecular weight excluding hydrogens is 426 g/mol. The van der Waals surface area contributed by atoms with E-state index in [9.17, 15) is 18.0 Å². The first-order valence-electron chi connectivity index (χ1n) is 11.2. The van der Waals surface area contributed by atoms with Crippen molar-refractivity contribution >= 4 is 21.8 Å². The first-order chi connectivity index (χ1) is 15.4. The summed E-state index contributed by atoms with van der Waals surface area (Å²) in [6, 6.07) is 14.3. The molecule has 7 heteroatoms. The lowest BCUT2D eigenvalue weighted by Gasteiger charge is -2.29. The first-order valence-corrected chi connectivity index (χ1v) is 12.6. The van der Waals surface area contributed by atoms with Crippen LogP contribution in [0.1, 0.15) is 49.7 Å². The van der Waals surface area contributed by atoms with E-state index in [1.54, 1.807) is 31.2 Å². The van der Waals surface area contributed by atoms with Crippen LogP contribution in [0.3, 0.4) is 0 Å². The van der Waals surface area contributed by atoms with Gasteiger partial charge in [0.05, 0.1) is 11.5 Å². The molecule has 4 rings (SSSR count). The number of carbonyl (C=O) groups excluding carboxylic acids is 2. The molecule has 2 aromatic carbocycles. The number of carbonyl (C=O) groups is 2. The van der Waals surface area contributed by atoms with Gasteiger partial charge in [-0.15, -0.1) is 0 Å². The summed E-state index contributed by atoms with van der Waals surface area (Å²) in [6.07, 6.45) is 2.42. The standard InChI is InChI=1S/C25H29NO5S/c1-3-31-25(28)24-22(18-9-5-4-6-10-18)23-20(11-7-8-12-21(23)27)26(24)32(29,30)19-15-13-17(2)14-16-19/h4-6,9-10,13-16,20,22-24H,3,7-8,11-12H2,1-2H3/t20-,22+,23+,24+/m1/s1. The van der Waals surface area contributed by atoms with Gasteiger partial charge in [0.2, 0.25) is 10.0 Å². The fourth-order valence-corrected chi connectivity index (χ4v) is 7.04. The second-order valence-corrected chi connectivity index (χ2v) is 10.4. The molecule has 1 aliphatic carbocycles. The highest BCUT2D eigenvalue weighted by Gasteiger charge is 2.59. The molecule has 1 heterocycles. The van der Waals surface area contributed by atoms with E-state index in [0.29, 0.717) is 12.8 Å². The van der Waals surface area contributed by atoms with Crippen LogP contribution in [0.15, 0.2) is 59.5 Å². The van der Waals surface area contributed by atoms with Gasteiger partial charge in [-0.05, 0) is 44.4 Å². The molecule has 1 saturated heterocycles. The molecule has 0 bridgehead atoms. The Morgan fingerprint density at radius 2 is 1.72 bits per heavy atom. The zero-order valence-electron chi connectivity index (χ0n) is 18.4. The maximum atomic E-state index is 13.9. The Hall–Kier alpha value is -2.51. The van der Waals surface area contributed by atoms with Crippen LogP contribution in [0, 0.1) is 12.8 Å². The minimum absolute atomic E-state index is 0.0252. The zero-order chi connectivity index (χ0) is 22.9. The van der Waals surface area contributed by atoms with Crippen molar-refractivity contribution in [1.82, 2.24) is 4.31 Å². The Morgan fingerprint density at radius 1 is 1.03 bits per heavy atom. The highest BCUT2D eigenvalue weighted by Crippen LogP contribution is 2.49. The predicted molar refractivity (Wildman–Crippen MR) is 121 cm³/mol. The molecular formula is C25H29NO5S. The third-order valence-corrected chi connectivity index (χ3v) is 8.52. The van der Waals surface area contributed by atoms with Crippen molar-refractivity contribution in [2.45, 2.75) is 62.4 Å². The van der Waals surface area contributed by atoms with Gasteiger partial charge in [-0.25, -0.2) is 8.42 Å². The summed E-state index contributed by atoms with van der Waals surface area (Å²) in [5.41, 5.74) is 1.73. The van der Waals surface area contributed by atoms with Gasteiger partial charge < -0.3 is 4.74 Å². The normalized spacial score (nSPS) is 26.4. The van der Waals surface area contributed by atoms with Crippen LogP contribution in [0.4, 0.5) is 0 Å². The fourth-order valence-electron chi connectivity index (χ4n) is 5.20. The van der Waals surface area contributed by atoms with Crippen LogP contribution in [0.2, 0.25) is 0 Å². The Balaban J connectivity index is 1.91. The van der Waals surface area contributed by atoms with Crippen LogP contribution in [-0.4, -0.2) is 43.2 Å². The van der Waals surface area contributed by atoms with E-state index in [-0.39, 0.29) is 17.3 Å². The fraction of sp³-hybridized carbons (Fsp3) is 0.440. The summed E-state index contributed by atoms with van der Waals surface area (Å²) in [4.78, 5) is 26.7. The second kappa shape index (κ2) is 9.16. The number of nitrogens with zero attached hydrogens (tertiary/aromatic N) is 1. The van der Waals surface area contributed by atoms with Gasteiger partial charge in [-0.3, -0.25) is 9.59 Å². The number of esters is 1.